The molecule has 1 atom stereocenters. The first-order chi connectivity index (χ1) is 9.22. The zero-order valence-corrected chi connectivity index (χ0v) is 10.8. The second-order valence-corrected chi connectivity index (χ2v) is 3.97. The first kappa shape index (κ1) is 16.1. The number of hydrogen-bond donors (Lipinski definition) is 2. The average molecular weight is 293 g/mol. The van der Waals surface area contributed by atoms with Crippen LogP contribution in [-0.4, -0.2) is 25.3 Å². The van der Waals surface area contributed by atoms with Crippen LogP contribution in [0.25, 0.3) is 0 Å². The Morgan fingerprint density at radius 2 is 1.85 bits per heavy atom. The normalized spacial score (nSPS) is 12.9. The number of nitrogens with two attached hydrogens (primary N) is 1. The minimum atomic E-state index is -4.62. The molecule has 0 saturated carbocycles. The van der Waals surface area contributed by atoms with E-state index >= 15 is 0 Å². The first-order valence-electron chi connectivity index (χ1n) is 5.51. The quantitative estimate of drug-likeness (QED) is 0.869. The number of aliphatic carboxylic acids is 1. The maximum atomic E-state index is 12.8. The van der Waals surface area contributed by atoms with Gasteiger partial charge in [0.25, 0.3) is 0 Å². The maximum absolute atomic E-state index is 12.8. The molecule has 0 aromatic heterocycles. The molecule has 0 aliphatic carbocycles. The van der Waals surface area contributed by atoms with E-state index in [1.54, 1.807) is 0 Å². The average Bonchev–Trinajstić information content (AvgIpc) is 2.34. The predicted octanol–water partition coefficient (Wildman–Crippen LogP) is 2.20. The molecule has 1 unspecified atom stereocenters. The molecular weight excluding hydrogens is 279 g/mol. The Bertz CT molecular complexity index is 502. The van der Waals surface area contributed by atoms with Gasteiger partial charge in [-0.3, -0.25) is 4.79 Å². The van der Waals surface area contributed by atoms with Gasteiger partial charge in [0.05, 0.1) is 20.6 Å². The van der Waals surface area contributed by atoms with Crippen molar-refractivity contribution < 1.29 is 32.5 Å². The van der Waals surface area contributed by atoms with Crippen LogP contribution >= 0.6 is 0 Å². The van der Waals surface area contributed by atoms with E-state index in [4.69, 9.17) is 20.3 Å². The number of carboxylic acid groups (broad SMARTS) is 1. The Hall–Kier alpha value is -1.96. The van der Waals surface area contributed by atoms with E-state index in [0.29, 0.717) is 0 Å². The van der Waals surface area contributed by atoms with Crippen molar-refractivity contribution in [2.45, 2.75) is 18.6 Å². The van der Waals surface area contributed by atoms with E-state index in [1.165, 1.54) is 0 Å². The molecule has 1 aromatic carbocycles. The maximum Gasteiger partial charge on any atom is 0.420 e. The van der Waals surface area contributed by atoms with Crippen molar-refractivity contribution in [2.24, 2.45) is 5.73 Å². The molecule has 0 amide bonds. The third-order valence-corrected chi connectivity index (χ3v) is 2.65. The van der Waals surface area contributed by atoms with E-state index in [9.17, 15) is 18.0 Å². The number of carboxylic acids is 1. The Labute approximate surface area is 113 Å². The molecule has 0 aliphatic rings. The SMILES string of the molecule is COc1c(C(N)CC(=O)O)ccc(C(F)(F)F)c1OC. The number of carbonyl (C=O) groups is 1. The molecule has 3 N–H and O–H groups in total. The summed E-state index contributed by atoms with van der Waals surface area (Å²) < 4.78 is 48.2. The van der Waals surface area contributed by atoms with Crippen molar-refractivity contribution >= 4 is 5.97 Å². The van der Waals surface area contributed by atoms with Crippen molar-refractivity contribution in [1.82, 2.24) is 0 Å². The van der Waals surface area contributed by atoms with Gasteiger partial charge in [-0.1, -0.05) is 6.07 Å². The van der Waals surface area contributed by atoms with Crippen LogP contribution in [0.15, 0.2) is 12.1 Å². The van der Waals surface area contributed by atoms with Crippen LogP contribution in [0.5, 0.6) is 11.5 Å². The van der Waals surface area contributed by atoms with Crippen LogP contribution in [0.4, 0.5) is 13.2 Å². The molecule has 0 heterocycles. The minimum Gasteiger partial charge on any atom is -0.492 e. The lowest BCUT2D eigenvalue weighted by Crippen LogP contribution is -2.17. The number of benzene rings is 1. The van der Waals surface area contributed by atoms with E-state index in [-0.39, 0.29) is 11.3 Å². The number of halogens is 3. The highest BCUT2D eigenvalue weighted by Gasteiger charge is 2.37. The number of rotatable bonds is 5. The summed E-state index contributed by atoms with van der Waals surface area (Å²) in [6.45, 7) is 0. The number of ether oxygens (including phenoxy) is 2. The number of alkyl halides is 3. The third kappa shape index (κ3) is 3.32. The third-order valence-electron chi connectivity index (χ3n) is 2.65. The standard InChI is InChI=1S/C12H14F3NO4/c1-19-10-6(8(16)5-9(17)18)3-4-7(11(10)20-2)12(13,14)15/h3-4,8H,5,16H2,1-2H3,(H,17,18). The van der Waals surface area contributed by atoms with Gasteiger partial charge < -0.3 is 20.3 Å². The van der Waals surface area contributed by atoms with Crippen LogP contribution < -0.4 is 15.2 Å². The van der Waals surface area contributed by atoms with E-state index in [1.807, 2.05) is 0 Å². The van der Waals surface area contributed by atoms with Gasteiger partial charge in [0.1, 0.15) is 5.56 Å². The highest BCUT2D eigenvalue weighted by molar-refractivity contribution is 5.68. The molecule has 112 valence electrons. The molecule has 8 heteroatoms. The molecule has 0 radical (unpaired) electrons. The summed E-state index contributed by atoms with van der Waals surface area (Å²) in [4.78, 5) is 10.6. The molecule has 5 nitrogen and oxygen atoms in total. The van der Waals surface area contributed by atoms with Gasteiger partial charge in [0.2, 0.25) is 0 Å². The summed E-state index contributed by atoms with van der Waals surface area (Å²) in [5.74, 6) is -1.90. The van der Waals surface area contributed by atoms with Gasteiger partial charge in [-0.05, 0) is 6.07 Å². The molecule has 0 fully saturated rings. The molecule has 20 heavy (non-hydrogen) atoms. The molecule has 0 spiro atoms. The Morgan fingerprint density at radius 1 is 1.30 bits per heavy atom. The van der Waals surface area contributed by atoms with Gasteiger partial charge in [0, 0.05) is 11.6 Å². The van der Waals surface area contributed by atoms with Crippen LogP contribution in [0.1, 0.15) is 23.6 Å². The first-order valence-corrected chi connectivity index (χ1v) is 5.51. The van der Waals surface area contributed by atoms with Crippen molar-refractivity contribution in [2.75, 3.05) is 14.2 Å². The van der Waals surface area contributed by atoms with E-state index < -0.39 is 35.9 Å². The van der Waals surface area contributed by atoms with Gasteiger partial charge in [-0.25, -0.2) is 0 Å². The summed E-state index contributed by atoms with van der Waals surface area (Å²) in [5.41, 5.74) is 4.79. The lowest BCUT2D eigenvalue weighted by atomic mass is 10.00. The summed E-state index contributed by atoms with van der Waals surface area (Å²) >= 11 is 0. The van der Waals surface area contributed by atoms with Crippen molar-refractivity contribution in [1.29, 1.82) is 0 Å². The van der Waals surface area contributed by atoms with Crippen molar-refractivity contribution in [3.8, 4) is 11.5 Å². The molecule has 0 bridgehead atoms. The monoisotopic (exact) mass is 293 g/mol. The number of hydrogen-bond acceptors (Lipinski definition) is 4. The van der Waals surface area contributed by atoms with Crippen LogP contribution in [0.3, 0.4) is 0 Å². The topological polar surface area (TPSA) is 81.8 Å². The molecule has 0 aliphatic heterocycles. The van der Waals surface area contributed by atoms with Gasteiger partial charge in [0.15, 0.2) is 11.5 Å². The second-order valence-electron chi connectivity index (χ2n) is 3.97. The Kier molecular flexibility index (Phi) is 4.83. The van der Waals surface area contributed by atoms with Gasteiger partial charge in [-0.2, -0.15) is 13.2 Å². The van der Waals surface area contributed by atoms with Crippen LogP contribution in [0.2, 0.25) is 0 Å². The molecule has 0 saturated heterocycles. The molecular formula is C12H14F3NO4. The summed E-state index contributed by atoms with van der Waals surface area (Å²) in [5, 5.41) is 8.69. The van der Waals surface area contributed by atoms with E-state index in [2.05, 4.69) is 0 Å². The van der Waals surface area contributed by atoms with Crippen molar-refractivity contribution in [3.63, 3.8) is 0 Å². The second kappa shape index (κ2) is 6.00. The van der Waals surface area contributed by atoms with Gasteiger partial charge >= 0.3 is 12.1 Å². The Morgan fingerprint density at radius 3 is 2.25 bits per heavy atom. The highest BCUT2D eigenvalue weighted by Crippen LogP contribution is 2.44. The minimum absolute atomic E-state index is 0.139. The highest BCUT2D eigenvalue weighted by atomic mass is 19.4. The number of methoxy groups -OCH3 is 2. The fourth-order valence-corrected chi connectivity index (χ4v) is 1.80. The fraction of sp³-hybridized carbons (Fsp3) is 0.417. The molecule has 1 rings (SSSR count). The van der Waals surface area contributed by atoms with E-state index in [0.717, 1.165) is 26.4 Å². The lowest BCUT2D eigenvalue weighted by Gasteiger charge is -2.20. The lowest BCUT2D eigenvalue weighted by molar-refractivity contribution is -0.139. The van der Waals surface area contributed by atoms with Gasteiger partial charge in [-0.15, -0.1) is 0 Å². The fourth-order valence-electron chi connectivity index (χ4n) is 1.80. The summed E-state index contributed by atoms with van der Waals surface area (Å²) in [7, 11) is 2.23. The smallest absolute Gasteiger partial charge is 0.420 e. The predicted molar refractivity (Wildman–Crippen MR) is 63.7 cm³/mol. The zero-order chi connectivity index (χ0) is 15.5. The molecule has 1 aromatic rings. The zero-order valence-electron chi connectivity index (χ0n) is 10.8. The largest absolute Gasteiger partial charge is 0.492 e. The summed E-state index contributed by atoms with van der Waals surface area (Å²) in [6, 6.07) is 0.884. The summed E-state index contributed by atoms with van der Waals surface area (Å²) in [6.07, 6.45) is -5.06. The van der Waals surface area contributed by atoms with Crippen LogP contribution in [-0.2, 0) is 11.0 Å². The van der Waals surface area contributed by atoms with Crippen molar-refractivity contribution in [3.05, 3.63) is 23.3 Å². The Balaban J connectivity index is 3.39. The van der Waals surface area contributed by atoms with Crippen LogP contribution in [0, 0.1) is 0 Å².